The Kier molecular flexibility index (Phi) is 3.95. The van der Waals surface area contributed by atoms with E-state index < -0.39 is 0 Å². The van der Waals surface area contributed by atoms with Crippen molar-refractivity contribution < 1.29 is 4.79 Å². The Morgan fingerprint density at radius 2 is 2.17 bits per heavy atom. The lowest BCUT2D eigenvalue weighted by atomic mass is 10.1. The number of aryl methyl sites for hydroxylation is 1. The minimum absolute atomic E-state index is 0.167. The van der Waals surface area contributed by atoms with Gasteiger partial charge in [0, 0.05) is 11.8 Å². The molecule has 0 saturated heterocycles. The molecule has 1 aromatic heterocycles. The van der Waals surface area contributed by atoms with Crippen molar-refractivity contribution in [2.75, 3.05) is 5.32 Å². The second-order valence-corrected chi connectivity index (χ2v) is 4.31. The molecule has 2 rings (SSSR count). The summed E-state index contributed by atoms with van der Waals surface area (Å²) in [4.78, 5) is 16.0. The molecule has 0 radical (unpaired) electrons. The molecule has 1 amide bonds. The highest BCUT2D eigenvalue weighted by Crippen LogP contribution is 2.12. The quantitative estimate of drug-likeness (QED) is 0.917. The van der Waals surface area contributed by atoms with Gasteiger partial charge in [-0.3, -0.25) is 4.79 Å². The zero-order valence-electron chi connectivity index (χ0n) is 9.98. The molecule has 0 saturated carbocycles. The minimum Gasteiger partial charge on any atom is -0.307 e. The lowest BCUT2D eigenvalue weighted by Gasteiger charge is -2.05. The van der Waals surface area contributed by atoms with Crippen molar-refractivity contribution in [3.63, 3.8) is 0 Å². The number of amides is 1. The molecule has 92 valence electrons. The second-order valence-electron chi connectivity index (χ2n) is 3.87. The van der Waals surface area contributed by atoms with Crippen LogP contribution in [0.4, 0.5) is 5.82 Å². The van der Waals surface area contributed by atoms with Gasteiger partial charge in [-0.05, 0) is 36.2 Å². The van der Waals surface area contributed by atoms with Gasteiger partial charge < -0.3 is 5.32 Å². The lowest BCUT2D eigenvalue weighted by Crippen LogP contribution is -2.13. The zero-order chi connectivity index (χ0) is 13.0. The number of benzene rings is 1. The number of nitrogens with zero attached hydrogens (tertiary/aromatic N) is 1. The van der Waals surface area contributed by atoms with Gasteiger partial charge in [-0.2, -0.15) is 0 Å². The van der Waals surface area contributed by atoms with Crippen molar-refractivity contribution in [3.8, 4) is 0 Å². The summed E-state index contributed by atoms with van der Waals surface area (Å²) in [5, 5.41) is 3.27. The van der Waals surface area contributed by atoms with Crippen molar-refractivity contribution in [3.05, 3.63) is 58.7 Å². The van der Waals surface area contributed by atoms with E-state index in [1.807, 2.05) is 18.2 Å². The maximum atomic E-state index is 12.0. The summed E-state index contributed by atoms with van der Waals surface area (Å²) in [6.45, 7) is 2.05. The number of hydrogen-bond donors (Lipinski definition) is 1. The molecule has 1 aromatic carbocycles. The number of halogens is 1. The molecule has 0 aliphatic heterocycles. The van der Waals surface area contributed by atoms with Gasteiger partial charge in [0.15, 0.2) is 0 Å². The van der Waals surface area contributed by atoms with Gasteiger partial charge in [0.25, 0.3) is 5.91 Å². The molecule has 0 atom stereocenters. The first kappa shape index (κ1) is 12.6. The van der Waals surface area contributed by atoms with Gasteiger partial charge in [0.1, 0.15) is 5.82 Å². The number of hydrogen-bond acceptors (Lipinski definition) is 2. The maximum Gasteiger partial charge on any atom is 0.256 e. The van der Waals surface area contributed by atoms with Crippen LogP contribution in [-0.4, -0.2) is 10.9 Å². The van der Waals surface area contributed by atoms with Gasteiger partial charge in [0.05, 0.1) is 5.02 Å². The molecular formula is C14H13ClN2O. The molecular weight excluding hydrogens is 248 g/mol. The largest absolute Gasteiger partial charge is 0.307 e. The SMILES string of the molecule is CCc1cccc(C(=O)Nc2ccc(Cl)cn2)c1. The summed E-state index contributed by atoms with van der Waals surface area (Å²) in [6, 6.07) is 10.9. The predicted octanol–water partition coefficient (Wildman–Crippen LogP) is 3.55. The van der Waals surface area contributed by atoms with Gasteiger partial charge in [-0.25, -0.2) is 4.98 Å². The van der Waals surface area contributed by atoms with Crippen LogP contribution >= 0.6 is 11.6 Å². The number of aromatic nitrogens is 1. The van der Waals surface area contributed by atoms with Crippen molar-refractivity contribution >= 4 is 23.3 Å². The smallest absolute Gasteiger partial charge is 0.256 e. The first-order valence-corrected chi connectivity index (χ1v) is 6.08. The van der Waals surface area contributed by atoms with Crippen LogP contribution in [-0.2, 0) is 6.42 Å². The third kappa shape index (κ3) is 3.08. The number of pyridine rings is 1. The molecule has 2 aromatic rings. The Hall–Kier alpha value is -1.87. The molecule has 18 heavy (non-hydrogen) atoms. The number of rotatable bonds is 3. The molecule has 0 spiro atoms. The van der Waals surface area contributed by atoms with Gasteiger partial charge in [-0.15, -0.1) is 0 Å². The Morgan fingerprint density at radius 1 is 1.33 bits per heavy atom. The summed E-state index contributed by atoms with van der Waals surface area (Å²) in [7, 11) is 0. The lowest BCUT2D eigenvalue weighted by molar-refractivity contribution is 0.102. The van der Waals surface area contributed by atoms with Crippen LogP contribution in [0.15, 0.2) is 42.6 Å². The van der Waals surface area contributed by atoms with E-state index in [2.05, 4.69) is 17.2 Å². The monoisotopic (exact) mass is 260 g/mol. The van der Waals surface area contributed by atoms with E-state index in [0.717, 1.165) is 12.0 Å². The molecule has 0 bridgehead atoms. The van der Waals surface area contributed by atoms with E-state index in [9.17, 15) is 4.79 Å². The molecule has 3 nitrogen and oxygen atoms in total. The van der Waals surface area contributed by atoms with Crippen molar-refractivity contribution in [1.29, 1.82) is 0 Å². The Bertz CT molecular complexity index is 552. The van der Waals surface area contributed by atoms with Crippen LogP contribution < -0.4 is 5.32 Å². The van der Waals surface area contributed by atoms with E-state index in [1.54, 1.807) is 18.2 Å². The van der Waals surface area contributed by atoms with Crippen molar-refractivity contribution in [1.82, 2.24) is 4.98 Å². The average molecular weight is 261 g/mol. The van der Waals surface area contributed by atoms with Crippen LogP contribution in [0.3, 0.4) is 0 Å². The fraction of sp³-hybridized carbons (Fsp3) is 0.143. The third-order valence-electron chi connectivity index (χ3n) is 2.57. The molecule has 0 unspecified atom stereocenters. The van der Waals surface area contributed by atoms with E-state index >= 15 is 0 Å². The topological polar surface area (TPSA) is 42.0 Å². The second kappa shape index (κ2) is 5.65. The van der Waals surface area contributed by atoms with Crippen LogP contribution in [0.5, 0.6) is 0 Å². The van der Waals surface area contributed by atoms with E-state index in [0.29, 0.717) is 16.4 Å². The van der Waals surface area contributed by atoms with E-state index in [-0.39, 0.29) is 5.91 Å². The van der Waals surface area contributed by atoms with Crippen molar-refractivity contribution in [2.24, 2.45) is 0 Å². The molecule has 1 N–H and O–H groups in total. The fourth-order valence-corrected chi connectivity index (χ4v) is 1.68. The first-order chi connectivity index (χ1) is 8.69. The van der Waals surface area contributed by atoms with Crippen LogP contribution in [0, 0.1) is 0 Å². The van der Waals surface area contributed by atoms with E-state index in [4.69, 9.17) is 11.6 Å². The van der Waals surface area contributed by atoms with Crippen LogP contribution in [0.25, 0.3) is 0 Å². The van der Waals surface area contributed by atoms with Gasteiger partial charge in [0.2, 0.25) is 0 Å². The molecule has 0 aliphatic carbocycles. The van der Waals surface area contributed by atoms with Crippen LogP contribution in [0.2, 0.25) is 5.02 Å². The van der Waals surface area contributed by atoms with Crippen LogP contribution in [0.1, 0.15) is 22.8 Å². The zero-order valence-corrected chi connectivity index (χ0v) is 10.7. The summed E-state index contributed by atoms with van der Waals surface area (Å²) in [5.74, 6) is 0.325. The highest BCUT2D eigenvalue weighted by molar-refractivity contribution is 6.30. The Labute approximate surface area is 111 Å². The van der Waals surface area contributed by atoms with Crippen molar-refractivity contribution in [2.45, 2.75) is 13.3 Å². The standard InChI is InChI=1S/C14H13ClN2O/c1-2-10-4-3-5-11(8-10)14(18)17-13-7-6-12(15)9-16-13/h3-9H,2H2,1H3,(H,16,17,18). The summed E-state index contributed by atoms with van der Waals surface area (Å²) >= 11 is 5.73. The fourth-order valence-electron chi connectivity index (χ4n) is 1.57. The first-order valence-electron chi connectivity index (χ1n) is 5.71. The minimum atomic E-state index is -0.167. The number of nitrogens with one attached hydrogen (secondary N) is 1. The predicted molar refractivity (Wildman–Crippen MR) is 73.0 cm³/mol. The number of anilines is 1. The third-order valence-corrected chi connectivity index (χ3v) is 2.79. The maximum absolute atomic E-state index is 12.0. The van der Waals surface area contributed by atoms with Gasteiger partial charge in [-0.1, -0.05) is 30.7 Å². The normalized spacial score (nSPS) is 10.1. The Morgan fingerprint density at radius 3 is 2.83 bits per heavy atom. The molecule has 4 heteroatoms. The number of carbonyl (C=O) groups is 1. The highest BCUT2D eigenvalue weighted by Gasteiger charge is 2.06. The molecule has 1 heterocycles. The highest BCUT2D eigenvalue weighted by atomic mass is 35.5. The average Bonchev–Trinajstić information content (AvgIpc) is 2.41. The molecule has 0 fully saturated rings. The van der Waals surface area contributed by atoms with Gasteiger partial charge >= 0.3 is 0 Å². The summed E-state index contributed by atoms with van der Waals surface area (Å²) < 4.78 is 0. The molecule has 0 aliphatic rings. The number of carbonyl (C=O) groups excluding carboxylic acids is 1. The van der Waals surface area contributed by atoms with E-state index in [1.165, 1.54) is 6.20 Å². The summed E-state index contributed by atoms with van der Waals surface area (Å²) in [5.41, 5.74) is 1.76. The summed E-state index contributed by atoms with van der Waals surface area (Å²) in [6.07, 6.45) is 2.40. The Balaban J connectivity index is 2.14.